The normalized spacial score (nSPS) is 11.6. The van der Waals surface area contributed by atoms with Gasteiger partial charge in [-0.25, -0.2) is 0 Å². The number of nitriles is 1. The van der Waals surface area contributed by atoms with Crippen LogP contribution < -0.4 is 0 Å². The third-order valence-electron chi connectivity index (χ3n) is 14.6. The van der Waals surface area contributed by atoms with Crippen molar-refractivity contribution in [2.45, 2.75) is 62.3 Å². The first-order chi connectivity index (χ1) is 35.2. The first-order valence-electron chi connectivity index (χ1n) is 25.3. The molecule has 0 bridgehead atoms. The lowest BCUT2D eigenvalue weighted by molar-refractivity contribution is 1.11. The summed E-state index contributed by atoms with van der Waals surface area (Å²) in [6.45, 7) is 19.4. The van der Waals surface area contributed by atoms with Gasteiger partial charge in [-0.3, -0.25) is 4.98 Å². The number of nitrogens with zero attached hydrogens (tertiary/aromatic N) is 4. The Balaban J connectivity index is 1.20. The third kappa shape index (κ3) is 8.08. The fourth-order valence-corrected chi connectivity index (χ4v) is 11.8. The van der Waals surface area contributed by atoms with E-state index in [4.69, 9.17) is 4.98 Å². The van der Waals surface area contributed by atoms with Crippen LogP contribution in [0, 0.1) is 73.6 Å². The van der Waals surface area contributed by atoms with Crippen LogP contribution in [0.15, 0.2) is 176 Å². The van der Waals surface area contributed by atoms with E-state index in [0.29, 0.717) is 5.56 Å². The van der Waals surface area contributed by atoms with Crippen LogP contribution in [0.1, 0.15) is 55.8 Å². The fourth-order valence-electron chi connectivity index (χ4n) is 11.8. The summed E-state index contributed by atoms with van der Waals surface area (Å²) in [5.74, 6) is 0. The molecule has 4 heteroatoms. The van der Waals surface area contributed by atoms with Crippen molar-refractivity contribution in [3.8, 4) is 73.2 Å². The molecular formula is C69H56N4. The molecular weight excluding hydrogens is 885 g/mol. The van der Waals surface area contributed by atoms with Crippen molar-refractivity contribution < 1.29 is 0 Å². The van der Waals surface area contributed by atoms with Gasteiger partial charge in [-0.2, -0.15) is 5.26 Å². The third-order valence-corrected chi connectivity index (χ3v) is 14.6. The Bertz CT molecular complexity index is 3770. The van der Waals surface area contributed by atoms with Crippen LogP contribution in [0.4, 0.5) is 0 Å². The molecule has 0 amide bonds. The number of rotatable bonds is 7. The molecule has 4 nitrogen and oxygen atoms in total. The van der Waals surface area contributed by atoms with E-state index >= 15 is 0 Å². The number of hydrogen-bond acceptors (Lipinski definition) is 2. The molecule has 0 aliphatic carbocycles. The van der Waals surface area contributed by atoms with Gasteiger partial charge in [0.05, 0.1) is 50.8 Å². The summed E-state index contributed by atoms with van der Waals surface area (Å²) < 4.78 is 4.77. The summed E-state index contributed by atoms with van der Waals surface area (Å²) in [5, 5.41) is 15.7. The molecule has 12 aromatic rings. The maximum atomic E-state index is 11.2. The highest BCUT2D eigenvalue weighted by Gasteiger charge is 2.25. The first kappa shape index (κ1) is 45.4. The predicted molar refractivity (Wildman–Crippen MR) is 307 cm³/mol. The van der Waals surface area contributed by atoms with Crippen molar-refractivity contribution in [3.63, 3.8) is 0 Å². The molecule has 3 heterocycles. The molecule has 3 aromatic heterocycles. The highest BCUT2D eigenvalue weighted by Crippen LogP contribution is 2.45. The largest absolute Gasteiger partial charge is 0.308 e. The number of pyridine rings is 1. The van der Waals surface area contributed by atoms with E-state index in [1.807, 2.05) is 0 Å². The van der Waals surface area contributed by atoms with Gasteiger partial charge in [0, 0.05) is 32.8 Å². The Morgan fingerprint density at radius 3 is 0.904 bits per heavy atom. The molecule has 352 valence electrons. The van der Waals surface area contributed by atoms with Crippen LogP contribution in [0.25, 0.3) is 111 Å². The molecule has 0 aliphatic rings. The van der Waals surface area contributed by atoms with Crippen molar-refractivity contribution in [1.29, 1.82) is 5.26 Å². The van der Waals surface area contributed by atoms with Crippen molar-refractivity contribution in [2.24, 2.45) is 0 Å². The van der Waals surface area contributed by atoms with Gasteiger partial charge in [-0.1, -0.05) is 148 Å². The van der Waals surface area contributed by atoms with Gasteiger partial charge in [0.15, 0.2) is 0 Å². The van der Waals surface area contributed by atoms with Crippen LogP contribution in [0.3, 0.4) is 0 Å². The average Bonchev–Trinajstić information content (AvgIpc) is 3.86. The second kappa shape index (κ2) is 17.5. The second-order valence-electron chi connectivity index (χ2n) is 20.8. The smallest absolute Gasteiger partial charge is 0.0993 e. The standard InChI is InChI=1S/C69H56N4/c1-40-21-41(2)26-54(25-40)50-13-17-63-58(35-50)59-36-51(55-27-42(3)22-43(4)28-55)14-18-64(59)72(63)67-33-49(39-70)34-68(69(67)62-12-10-11-48(9)71-62)73-65-19-15-52(56-29-44(5)23-45(6)30-56)37-60(65)61-38-53(16-20-66(61)73)57-31-46(7)24-47(8)32-57/h10-38H,1-9H3. The van der Waals surface area contributed by atoms with Crippen LogP contribution in [-0.4, -0.2) is 14.1 Å². The first-order valence-corrected chi connectivity index (χ1v) is 25.3. The lowest BCUT2D eigenvalue weighted by Crippen LogP contribution is -2.06. The Kier molecular flexibility index (Phi) is 10.9. The number of benzene rings is 9. The van der Waals surface area contributed by atoms with Gasteiger partial charge in [0.2, 0.25) is 0 Å². The summed E-state index contributed by atoms with van der Waals surface area (Å²) >= 11 is 0. The van der Waals surface area contributed by atoms with E-state index in [1.54, 1.807) is 0 Å². The van der Waals surface area contributed by atoms with Crippen molar-refractivity contribution in [3.05, 3.63) is 232 Å². The van der Waals surface area contributed by atoms with E-state index in [9.17, 15) is 5.26 Å². The predicted octanol–water partition coefficient (Wildman–Crippen LogP) is 18.3. The minimum absolute atomic E-state index is 0.559. The van der Waals surface area contributed by atoms with Gasteiger partial charge in [-0.05, 0) is 180 Å². The monoisotopic (exact) mass is 940 g/mol. The molecule has 0 fully saturated rings. The zero-order valence-corrected chi connectivity index (χ0v) is 43.0. The molecule has 0 aliphatic heterocycles. The van der Waals surface area contributed by atoms with Gasteiger partial charge in [-0.15, -0.1) is 0 Å². The Morgan fingerprint density at radius 1 is 0.329 bits per heavy atom. The number of aromatic nitrogens is 3. The molecule has 73 heavy (non-hydrogen) atoms. The van der Waals surface area contributed by atoms with E-state index in [0.717, 1.165) is 94.2 Å². The molecule has 0 unspecified atom stereocenters. The van der Waals surface area contributed by atoms with Crippen molar-refractivity contribution >= 4 is 43.6 Å². The van der Waals surface area contributed by atoms with Gasteiger partial charge in [0.25, 0.3) is 0 Å². The van der Waals surface area contributed by atoms with Crippen LogP contribution in [-0.2, 0) is 0 Å². The summed E-state index contributed by atoms with van der Waals surface area (Å²) in [4.78, 5) is 5.33. The number of fused-ring (bicyclic) bond motifs is 6. The van der Waals surface area contributed by atoms with Crippen molar-refractivity contribution in [2.75, 3.05) is 0 Å². The maximum Gasteiger partial charge on any atom is 0.0993 e. The number of hydrogen-bond donors (Lipinski definition) is 0. The Labute approximate surface area is 428 Å². The molecule has 0 saturated carbocycles. The fraction of sp³-hybridized carbons (Fsp3) is 0.130. The summed E-state index contributed by atoms with van der Waals surface area (Å²) in [6.07, 6.45) is 0. The minimum Gasteiger partial charge on any atom is -0.308 e. The van der Waals surface area contributed by atoms with Gasteiger partial charge < -0.3 is 9.13 Å². The molecule has 0 spiro atoms. The highest BCUT2D eigenvalue weighted by atomic mass is 15.0. The lowest BCUT2D eigenvalue weighted by atomic mass is 9.97. The van der Waals surface area contributed by atoms with E-state index in [1.165, 1.54) is 66.8 Å². The topological polar surface area (TPSA) is 46.5 Å². The zero-order valence-electron chi connectivity index (χ0n) is 43.0. The van der Waals surface area contributed by atoms with E-state index in [2.05, 4.69) is 253 Å². The van der Waals surface area contributed by atoms with Crippen LogP contribution >= 0.6 is 0 Å². The number of aryl methyl sites for hydroxylation is 9. The Morgan fingerprint density at radius 2 is 0.630 bits per heavy atom. The van der Waals surface area contributed by atoms with Crippen LogP contribution in [0.2, 0.25) is 0 Å². The maximum absolute atomic E-state index is 11.2. The minimum atomic E-state index is 0.559. The lowest BCUT2D eigenvalue weighted by Gasteiger charge is -2.21. The SMILES string of the molecule is Cc1cc(C)cc(-c2ccc3c(c2)c2cc(-c4cc(C)cc(C)c4)ccc2n3-c2cc(C#N)cc(-n3c4ccc(-c5cc(C)cc(C)c5)cc4c4cc(-c5cc(C)cc(C)c5)ccc43)c2-c2cccc(C)n2)c1. The van der Waals surface area contributed by atoms with Gasteiger partial charge >= 0.3 is 0 Å². The average molecular weight is 941 g/mol. The molecule has 9 aromatic carbocycles. The highest BCUT2D eigenvalue weighted by molar-refractivity contribution is 6.14. The summed E-state index contributed by atoms with van der Waals surface area (Å²) in [7, 11) is 0. The molecule has 0 saturated heterocycles. The molecule has 12 rings (SSSR count). The second-order valence-corrected chi connectivity index (χ2v) is 20.8. The van der Waals surface area contributed by atoms with E-state index in [-0.39, 0.29) is 0 Å². The van der Waals surface area contributed by atoms with Gasteiger partial charge in [0.1, 0.15) is 0 Å². The molecule has 0 N–H and O–H groups in total. The van der Waals surface area contributed by atoms with E-state index < -0.39 is 0 Å². The Hall–Kier alpha value is -8.78. The molecule has 0 radical (unpaired) electrons. The van der Waals surface area contributed by atoms with Crippen LogP contribution in [0.5, 0.6) is 0 Å². The zero-order chi connectivity index (χ0) is 50.4. The summed E-state index contributed by atoms with van der Waals surface area (Å²) in [6, 6.07) is 67.7. The quantitative estimate of drug-likeness (QED) is 0.160. The molecule has 0 atom stereocenters. The summed E-state index contributed by atoms with van der Waals surface area (Å²) in [5.41, 5.74) is 28.5. The van der Waals surface area contributed by atoms with Crippen molar-refractivity contribution in [1.82, 2.24) is 14.1 Å².